The van der Waals surface area contributed by atoms with E-state index < -0.39 is 31.8 Å². The summed E-state index contributed by atoms with van der Waals surface area (Å²) in [6.45, 7) is 0.0554. The predicted octanol–water partition coefficient (Wildman–Crippen LogP) is 1.21. The summed E-state index contributed by atoms with van der Waals surface area (Å²) in [5.74, 6) is 0.00914. The van der Waals surface area contributed by atoms with Crippen molar-refractivity contribution in [1.29, 1.82) is 0 Å². The molecule has 10 heteroatoms. The van der Waals surface area contributed by atoms with Gasteiger partial charge < -0.3 is 10.1 Å². The van der Waals surface area contributed by atoms with E-state index in [1.165, 1.54) is 25.3 Å². The third-order valence-electron chi connectivity index (χ3n) is 4.30. The average Bonchev–Trinajstić information content (AvgIpc) is 3.05. The van der Waals surface area contributed by atoms with Crippen LogP contribution < -0.4 is 14.8 Å². The molecule has 0 saturated heterocycles. The maximum absolute atomic E-state index is 12.4. The van der Waals surface area contributed by atoms with Crippen molar-refractivity contribution in [2.24, 2.45) is 0 Å². The first kappa shape index (κ1) is 21.0. The SMILES string of the molecule is COc1ccc(S(=O)(=O)NCc2ccc(C(=O)NC3C=CS(=O)(=O)C3)cc2)cc1. The lowest BCUT2D eigenvalue weighted by atomic mass is 10.1. The molecule has 0 fully saturated rings. The average molecular weight is 437 g/mol. The molecule has 8 nitrogen and oxygen atoms in total. The predicted molar refractivity (Wildman–Crippen MR) is 108 cm³/mol. The highest BCUT2D eigenvalue weighted by molar-refractivity contribution is 7.94. The number of hydrogen-bond donors (Lipinski definition) is 2. The summed E-state index contributed by atoms with van der Waals surface area (Å²) >= 11 is 0. The molecule has 1 unspecified atom stereocenters. The summed E-state index contributed by atoms with van der Waals surface area (Å²) in [4.78, 5) is 12.3. The second kappa shape index (κ2) is 8.36. The molecule has 29 heavy (non-hydrogen) atoms. The van der Waals surface area contributed by atoms with Crippen LogP contribution in [0.3, 0.4) is 0 Å². The quantitative estimate of drug-likeness (QED) is 0.674. The maximum atomic E-state index is 12.4. The van der Waals surface area contributed by atoms with Gasteiger partial charge in [0.1, 0.15) is 5.75 Å². The van der Waals surface area contributed by atoms with E-state index in [2.05, 4.69) is 10.0 Å². The van der Waals surface area contributed by atoms with E-state index in [-0.39, 0.29) is 17.2 Å². The number of methoxy groups -OCH3 is 1. The maximum Gasteiger partial charge on any atom is 0.251 e. The van der Waals surface area contributed by atoms with Gasteiger partial charge in [-0.1, -0.05) is 12.1 Å². The van der Waals surface area contributed by atoms with Gasteiger partial charge in [0.15, 0.2) is 9.84 Å². The van der Waals surface area contributed by atoms with Crippen LogP contribution >= 0.6 is 0 Å². The standard InChI is InChI=1S/C19H20N2O6S2/c1-27-17-6-8-18(9-7-17)29(25,26)20-12-14-2-4-15(5-3-14)19(22)21-16-10-11-28(23,24)13-16/h2-11,16,20H,12-13H2,1H3,(H,21,22). The van der Waals surface area contributed by atoms with Crippen LogP contribution in [0.5, 0.6) is 5.75 Å². The summed E-state index contributed by atoms with van der Waals surface area (Å²) < 4.78 is 55.0. The molecule has 0 radical (unpaired) electrons. The van der Waals surface area contributed by atoms with Crippen LogP contribution in [0.4, 0.5) is 0 Å². The Balaban J connectivity index is 1.58. The second-order valence-corrected chi connectivity index (χ2v) is 10.1. The normalized spacial score (nSPS) is 17.8. The van der Waals surface area contributed by atoms with Gasteiger partial charge in [-0.05, 0) is 48.0 Å². The fourth-order valence-corrected chi connectivity index (χ4v) is 4.96. The van der Waals surface area contributed by atoms with Crippen LogP contribution in [-0.4, -0.2) is 41.6 Å². The number of benzene rings is 2. The zero-order chi connectivity index (χ0) is 21.1. The first-order valence-corrected chi connectivity index (χ1v) is 11.8. The molecule has 0 saturated carbocycles. The van der Waals surface area contributed by atoms with Crippen molar-refractivity contribution in [2.45, 2.75) is 17.5 Å². The molecule has 1 aliphatic heterocycles. The van der Waals surface area contributed by atoms with Gasteiger partial charge in [-0.25, -0.2) is 21.6 Å². The Hall–Kier alpha value is -2.69. The molecule has 1 aliphatic rings. The van der Waals surface area contributed by atoms with Gasteiger partial charge in [0, 0.05) is 17.5 Å². The number of sulfonamides is 1. The van der Waals surface area contributed by atoms with Crippen molar-refractivity contribution in [3.8, 4) is 5.75 Å². The fourth-order valence-electron chi connectivity index (χ4n) is 2.71. The molecule has 154 valence electrons. The Bertz CT molecular complexity index is 1120. The Morgan fingerprint density at radius 2 is 1.76 bits per heavy atom. The monoisotopic (exact) mass is 436 g/mol. The van der Waals surface area contributed by atoms with E-state index in [9.17, 15) is 21.6 Å². The first-order chi connectivity index (χ1) is 13.7. The zero-order valence-electron chi connectivity index (χ0n) is 15.5. The number of nitrogens with one attached hydrogen (secondary N) is 2. The van der Waals surface area contributed by atoms with E-state index in [0.717, 1.165) is 5.41 Å². The van der Waals surface area contributed by atoms with E-state index in [4.69, 9.17) is 4.74 Å². The molecule has 3 rings (SSSR count). The Morgan fingerprint density at radius 3 is 2.31 bits per heavy atom. The molecular weight excluding hydrogens is 416 g/mol. The van der Waals surface area contributed by atoms with Gasteiger partial charge in [0.05, 0.1) is 23.8 Å². The number of ether oxygens (including phenoxy) is 1. The summed E-state index contributed by atoms with van der Waals surface area (Å²) in [6.07, 6.45) is 1.44. The van der Waals surface area contributed by atoms with Crippen molar-refractivity contribution in [2.75, 3.05) is 12.9 Å². The topological polar surface area (TPSA) is 119 Å². The van der Waals surface area contributed by atoms with Crippen LogP contribution in [0.2, 0.25) is 0 Å². The van der Waals surface area contributed by atoms with Crippen LogP contribution in [0.15, 0.2) is 64.9 Å². The van der Waals surface area contributed by atoms with E-state index >= 15 is 0 Å². The highest BCUT2D eigenvalue weighted by atomic mass is 32.2. The minimum Gasteiger partial charge on any atom is -0.497 e. The van der Waals surface area contributed by atoms with E-state index in [0.29, 0.717) is 16.9 Å². The van der Waals surface area contributed by atoms with Crippen molar-refractivity contribution in [3.05, 3.63) is 71.1 Å². The minimum atomic E-state index is -3.69. The number of sulfone groups is 1. The summed E-state index contributed by atoms with van der Waals surface area (Å²) in [5, 5.41) is 3.72. The van der Waals surface area contributed by atoms with Crippen molar-refractivity contribution >= 4 is 25.8 Å². The van der Waals surface area contributed by atoms with Gasteiger partial charge in [-0.2, -0.15) is 0 Å². The molecule has 2 N–H and O–H groups in total. The zero-order valence-corrected chi connectivity index (χ0v) is 17.2. The molecule has 0 bridgehead atoms. The van der Waals surface area contributed by atoms with Crippen molar-refractivity contribution in [3.63, 3.8) is 0 Å². The molecule has 0 aromatic heterocycles. The lowest BCUT2D eigenvalue weighted by Gasteiger charge is -2.11. The van der Waals surface area contributed by atoms with Crippen LogP contribution in [0.1, 0.15) is 15.9 Å². The van der Waals surface area contributed by atoms with Crippen molar-refractivity contribution in [1.82, 2.24) is 10.0 Å². The lowest BCUT2D eigenvalue weighted by Crippen LogP contribution is -2.35. The van der Waals surface area contributed by atoms with Gasteiger partial charge in [0.2, 0.25) is 10.0 Å². The summed E-state index contributed by atoms with van der Waals surface area (Å²) in [7, 11) is -5.43. The third kappa shape index (κ3) is 5.43. The largest absolute Gasteiger partial charge is 0.497 e. The highest BCUT2D eigenvalue weighted by Crippen LogP contribution is 2.16. The van der Waals surface area contributed by atoms with E-state index in [1.54, 1.807) is 36.4 Å². The van der Waals surface area contributed by atoms with Crippen LogP contribution in [0, 0.1) is 0 Å². The molecule has 1 heterocycles. The molecular formula is C19H20N2O6S2. The van der Waals surface area contributed by atoms with E-state index in [1.807, 2.05) is 0 Å². The number of carbonyl (C=O) groups is 1. The first-order valence-electron chi connectivity index (χ1n) is 8.63. The molecule has 1 atom stereocenters. The lowest BCUT2D eigenvalue weighted by molar-refractivity contribution is 0.0947. The molecule has 2 aromatic rings. The fraction of sp³-hybridized carbons (Fsp3) is 0.211. The third-order valence-corrected chi connectivity index (χ3v) is 7.11. The number of hydrogen-bond acceptors (Lipinski definition) is 6. The highest BCUT2D eigenvalue weighted by Gasteiger charge is 2.23. The van der Waals surface area contributed by atoms with Crippen LogP contribution in [-0.2, 0) is 26.4 Å². The smallest absolute Gasteiger partial charge is 0.251 e. The van der Waals surface area contributed by atoms with Gasteiger partial charge in [-0.15, -0.1) is 0 Å². The van der Waals surface area contributed by atoms with Crippen molar-refractivity contribution < 1.29 is 26.4 Å². The minimum absolute atomic E-state index is 0.0554. The number of rotatable bonds is 7. The van der Waals surface area contributed by atoms with Gasteiger partial charge >= 0.3 is 0 Å². The second-order valence-electron chi connectivity index (χ2n) is 6.44. The molecule has 1 amide bonds. The Morgan fingerprint density at radius 1 is 1.10 bits per heavy atom. The number of amides is 1. The van der Waals surface area contributed by atoms with Gasteiger partial charge in [0.25, 0.3) is 5.91 Å². The van der Waals surface area contributed by atoms with Crippen LogP contribution in [0.25, 0.3) is 0 Å². The number of carbonyl (C=O) groups excluding carboxylic acids is 1. The molecule has 0 aliphatic carbocycles. The summed E-state index contributed by atoms with van der Waals surface area (Å²) in [6, 6.07) is 11.8. The Kier molecular flexibility index (Phi) is 6.06. The van der Waals surface area contributed by atoms with Gasteiger partial charge in [-0.3, -0.25) is 4.79 Å². The molecule has 2 aromatic carbocycles. The molecule has 0 spiro atoms. The Labute approximate surface area is 169 Å². The summed E-state index contributed by atoms with van der Waals surface area (Å²) in [5.41, 5.74) is 1.02.